The molecule has 1 aromatic rings. The lowest BCUT2D eigenvalue weighted by Crippen LogP contribution is -1.91. The standard InChI is InChI=1S/C8H9FN2O/c9-7-1-3-8(4-2-7)11-10-5-6-12/h1-5,11-12H,6H2/b10-5+. The van der Waals surface area contributed by atoms with E-state index in [4.69, 9.17) is 5.11 Å². The number of nitrogens with one attached hydrogen (secondary N) is 1. The van der Waals surface area contributed by atoms with Crippen molar-refractivity contribution in [1.82, 2.24) is 0 Å². The molecule has 64 valence electrons. The van der Waals surface area contributed by atoms with Crippen molar-refractivity contribution in [3.8, 4) is 0 Å². The highest BCUT2D eigenvalue weighted by Gasteiger charge is 1.89. The minimum Gasteiger partial charge on any atom is -0.391 e. The smallest absolute Gasteiger partial charge is 0.123 e. The Balaban J connectivity index is 2.53. The van der Waals surface area contributed by atoms with Gasteiger partial charge in [0.2, 0.25) is 0 Å². The van der Waals surface area contributed by atoms with Crippen LogP contribution in [0.25, 0.3) is 0 Å². The summed E-state index contributed by atoms with van der Waals surface area (Å²) in [6.07, 6.45) is 1.31. The Bertz CT molecular complexity index is 258. The molecule has 4 heteroatoms. The van der Waals surface area contributed by atoms with E-state index in [2.05, 4.69) is 10.5 Å². The van der Waals surface area contributed by atoms with Crippen molar-refractivity contribution < 1.29 is 9.50 Å². The fourth-order valence-corrected chi connectivity index (χ4v) is 0.685. The van der Waals surface area contributed by atoms with Crippen LogP contribution in [0.15, 0.2) is 29.4 Å². The molecule has 0 aliphatic rings. The second-order valence-electron chi connectivity index (χ2n) is 2.11. The van der Waals surface area contributed by atoms with Gasteiger partial charge in [0, 0.05) is 0 Å². The van der Waals surface area contributed by atoms with E-state index in [-0.39, 0.29) is 12.4 Å². The molecule has 1 rings (SSSR count). The molecule has 0 aliphatic carbocycles. The highest BCUT2D eigenvalue weighted by atomic mass is 19.1. The van der Waals surface area contributed by atoms with Crippen LogP contribution in [0.2, 0.25) is 0 Å². The zero-order valence-electron chi connectivity index (χ0n) is 6.37. The van der Waals surface area contributed by atoms with Crippen molar-refractivity contribution in [3.05, 3.63) is 30.1 Å². The molecule has 1 aromatic carbocycles. The summed E-state index contributed by atoms with van der Waals surface area (Å²) in [7, 11) is 0. The molecular weight excluding hydrogens is 159 g/mol. The van der Waals surface area contributed by atoms with Crippen LogP contribution in [0.3, 0.4) is 0 Å². The Morgan fingerprint density at radius 1 is 1.42 bits per heavy atom. The number of rotatable bonds is 3. The van der Waals surface area contributed by atoms with Gasteiger partial charge in [0.1, 0.15) is 5.82 Å². The van der Waals surface area contributed by atoms with Gasteiger partial charge in [-0.3, -0.25) is 5.43 Å². The van der Waals surface area contributed by atoms with E-state index in [1.807, 2.05) is 0 Å². The van der Waals surface area contributed by atoms with Crippen molar-refractivity contribution in [2.24, 2.45) is 5.10 Å². The van der Waals surface area contributed by atoms with Gasteiger partial charge in [-0.25, -0.2) is 4.39 Å². The van der Waals surface area contributed by atoms with Crippen molar-refractivity contribution >= 4 is 11.9 Å². The molecule has 3 nitrogen and oxygen atoms in total. The first-order valence-electron chi connectivity index (χ1n) is 3.47. The Labute approximate surface area is 69.5 Å². The first-order chi connectivity index (χ1) is 5.83. The van der Waals surface area contributed by atoms with E-state index in [1.165, 1.54) is 18.3 Å². The van der Waals surface area contributed by atoms with E-state index in [0.29, 0.717) is 5.69 Å². The fourth-order valence-electron chi connectivity index (χ4n) is 0.685. The van der Waals surface area contributed by atoms with Crippen LogP contribution in [-0.4, -0.2) is 17.9 Å². The molecule has 0 saturated carbocycles. The van der Waals surface area contributed by atoms with Gasteiger partial charge < -0.3 is 5.11 Å². The van der Waals surface area contributed by atoms with Gasteiger partial charge in [0.15, 0.2) is 0 Å². The number of anilines is 1. The van der Waals surface area contributed by atoms with Gasteiger partial charge in [0.25, 0.3) is 0 Å². The summed E-state index contributed by atoms with van der Waals surface area (Å²) in [4.78, 5) is 0. The van der Waals surface area contributed by atoms with Crippen molar-refractivity contribution in [2.75, 3.05) is 12.0 Å². The van der Waals surface area contributed by atoms with Gasteiger partial charge in [-0.05, 0) is 24.3 Å². The van der Waals surface area contributed by atoms with Crippen LogP contribution in [0.5, 0.6) is 0 Å². The van der Waals surface area contributed by atoms with Crippen LogP contribution < -0.4 is 5.43 Å². The van der Waals surface area contributed by atoms with Crippen LogP contribution in [0, 0.1) is 5.82 Å². The summed E-state index contributed by atoms with van der Waals surface area (Å²) in [5.41, 5.74) is 3.30. The minimum absolute atomic E-state index is 0.117. The highest BCUT2D eigenvalue weighted by molar-refractivity contribution is 5.60. The summed E-state index contributed by atoms with van der Waals surface area (Å²) in [5.74, 6) is -0.285. The molecule has 0 saturated heterocycles. The molecule has 0 bridgehead atoms. The maximum atomic E-state index is 12.4. The lowest BCUT2D eigenvalue weighted by Gasteiger charge is -1.97. The molecule has 0 aliphatic heterocycles. The molecule has 0 spiro atoms. The zero-order valence-corrected chi connectivity index (χ0v) is 6.37. The molecule has 0 heterocycles. The summed E-state index contributed by atoms with van der Waals surface area (Å²) in [5, 5.41) is 12.0. The molecule has 0 atom stereocenters. The SMILES string of the molecule is OC/C=N/Nc1ccc(F)cc1. The molecule has 12 heavy (non-hydrogen) atoms. The topological polar surface area (TPSA) is 44.6 Å². The third kappa shape index (κ3) is 2.67. The van der Waals surface area contributed by atoms with E-state index in [9.17, 15) is 4.39 Å². The summed E-state index contributed by atoms with van der Waals surface area (Å²) >= 11 is 0. The number of halogens is 1. The average Bonchev–Trinajstić information content (AvgIpc) is 2.09. The molecule has 0 unspecified atom stereocenters. The Morgan fingerprint density at radius 3 is 2.67 bits per heavy atom. The van der Waals surface area contributed by atoms with E-state index >= 15 is 0 Å². The number of nitrogens with zero attached hydrogens (tertiary/aromatic N) is 1. The van der Waals surface area contributed by atoms with Crippen molar-refractivity contribution in [3.63, 3.8) is 0 Å². The van der Waals surface area contributed by atoms with Crippen LogP contribution in [-0.2, 0) is 0 Å². The molecule has 0 radical (unpaired) electrons. The molecule has 0 amide bonds. The first kappa shape index (κ1) is 8.67. The molecule has 2 N–H and O–H groups in total. The number of hydrogen-bond acceptors (Lipinski definition) is 3. The highest BCUT2D eigenvalue weighted by Crippen LogP contribution is 2.07. The zero-order chi connectivity index (χ0) is 8.81. The van der Waals surface area contributed by atoms with Crippen LogP contribution in [0.1, 0.15) is 0 Å². The number of benzene rings is 1. The molecule has 0 aromatic heterocycles. The average molecular weight is 168 g/mol. The Hall–Kier alpha value is -1.42. The second kappa shape index (κ2) is 4.46. The fraction of sp³-hybridized carbons (Fsp3) is 0.125. The number of aliphatic hydroxyl groups excluding tert-OH is 1. The molecular formula is C8H9FN2O. The number of hydrogen-bond donors (Lipinski definition) is 2. The maximum absolute atomic E-state index is 12.4. The normalized spacial score (nSPS) is 10.5. The number of aliphatic hydroxyl groups is 1. The third-order valence-electron chi connectivity index (χ3n) is 1.21. The maximum Gasteiger partial charge on any atom is 0.123 e. The minimum atomic E-state index is -0.285. The van der Waals surface area contributed by atoms with Crippen LogP contribution >= 0.6 is 0 Å². The Morgan fingerprint density at radius 2 is 2.08 bits per heavy atom. The third-order valence-corrected chi connectivity index (χ3v) is 1.21. The van der Waals surface area contributed by atoms with Gasteiger partial charge in [-0.2, -0.15) is 5.10 Å². The second-order valence-corrected chi connectivity index (χ2v) is 2.11. The first-order valence-corrected chi connectivity index (χ1v) is 3.47. The summed E-state index contributed by atoms with van der Waals surface area (Å²) in [6.45, 7) is -0.117. The van der Waals surface area contributed by atoms with E-state index in [0.717, 1.165) is 0 Å². The largest absolute Gasteiger partial charge is 0.391 e. The van der Waals surface area contributed by atoms with E-state index in [1.54, 1.807) is 12.1 Å². The van der Waals surface area contributed by atoms with Gasteiger partial charge in [-0.1, -0.05) is 0 Å². The quantitative estimate of drug-likeness (QED) is 0.526. The van der Waals surface area contributed by atoms with Gasteiger partial charge >= 0.3 is 0 Å². The molecule has 0 fully saturated rings. The lowest BCUT2D eigenvalue weighted by atomic mass is 10.3. The Kier molecular flexibility index (Phi) is 3.22. The van der Waals surface area contributed by atoms with E-state index < -0.39 is 0 Å². The summed E-state index contributed by atoms with van der Waals surface area (Å²) in [6, 6.07) is 5.78. The van der Waals surface area contributed by atoms with Crippen molar-refractivity contribution in [2.45, 2.75) is 0 Å². The van der Waals surface area contributed by atoms with Crippen LogP contribution in [0.4, 0.5) is 10.1 Å². The predicted octanol–water partition coefficient (Wildman–Crippen LogP) is 1.22. The van der Waals surface area contributed by atoms with Gasteiger partial charge in [0.05, 0.1) is 18.5 Å². The monoisotopic (exact) mass is 168 g/mol. The number of hydrazone groups is 1. The predicted molar refractivity (Wildman–Crippen MR) is 45.6 cm³/mol. The van der Waals surface area contributed by atoms with Crippen molar-refractivity contribution in [1.29, 1.82) is 0 Å². The van der Waals surface area contributed by atoms with Gasteiger partial charge in [-0.15, -0.1) is 0 Å². The lowest BCUT2D eigenvalue weighted by molar-refractivity contribution is 0.361. The summed E-state index contributed by atoms with van der Waals surface area (Å²) < 4.78 is 12.4.